The normalized spacial score (nSPS) is 21.7. The first kappa shape index (κ1) is 22.9. The molecular formula is C25H35N7O2. The Morgan fingerprint density at radius 2 is 1.53 bits per heavy atom. The van der Waals surface area contributed by atoms with Crippen molar-refractivity contribution in [3.8, 4) is 0 Å². The molecule has 34 heavy (non-hydrogen) atoms. The number of carbonyl (C=O) groups is 1. The molecule has 0 aliphatic carbocycles. The number of aromatic nitrogens is 2. The molecular weight excluding hydrogens is 430 g/mol. The first-order valence-electron chi connectivity index (χ1n) is 12.4. The zero-order chi connectivity index (χ0) is 23.3. The summed E-state index contributed by atoms with van der Waals surface area (Å²) < 4.78 is 5.78. The number of hydrogen-bond acceptors (Lipinski definition) is 7. The smallest absolute Gasteiger partial charge is 0.321 e. The highest BCUT2D eigenvalue weighted by molar-refractivity contribution is 5.89. The van der Waals surface area contributed by atoms with Crippen LogP contribution in [0.3, 0.4) is 0 Å². The van der Waals surface area contributed by atoms with Crippen molar-refractivity contribution in [3.05, 3.63) is 42.0 Å². The van der Waals surface area contributed by atoms with Crippen LogP contribution in [0.25, 0.3) is 0 Å². The summed E-state index contributed by atoms with van der Waals surface area (Å²) in [5.41, 5.74) is 2.00. The molecule has 1 aromatic heterocycles. The summed E-state index contributed by atoms with van der Waals surface area (Å²) in [6, 6.07) is 12.0. The molecule has 0 saturated carbocycles. The first-order valence-corrected chi connectivity index (χ1v) is 12.4. The fourth-order valence-corrected chi connectivity index (χ4v) is 4.87. The van der Waals surface area contributed by atoms with Gasteiger partial charge in [0.05, 0.1) is 6.10 Å². The van der Waals surface area contributed by atoms with E-state index in [1.165, 1.54) is 18.4 Å². The molecule has 1 N–H and O–H groups in total. The maximum Gasteiger partial charge on any atom is 0.321 e. The van der Waals surface area contributed by atoms with Gasteiger partial charge in [-0.25, -0.2) is 4.79 Å². The van der Waals surface area contributed by atoms with Crippen molar-refractivity contribution < 1.29 is 9.53 Å². The zero-order valence-electron chi connectivity index (χ0n) is 20.0. The Balaban J connectivity index is 1.07. The monoisotopic (exact) mass is 465 g/mol. The number of urea groups is 1. The van der Waals surface area contributed by atoms with Gasteiger partial charge in [-0.1, -0.05) is 17.7 Å². The molecule has 2 amide bonds. The second kappa shape index (κ2) is 10.6. The minimum absolute atomic E-state index is 0.0522. The summed E-state index contributed by atoms with van der Waals surface area (Å²) >= 11 is 0. The fraction of sp³-hybridized carbons (Fsp3) is 0.560. The molecule has 182 valence electrons. The molecule has 0 spiro atoms. The van der Waals surface area contributed by atoms with Gasteiger partial charge in [-0.3, -0.25) is 4.90 Å². The molecule has 2 aromatic rings. The minimum atomic E-state index is -0.0522. The number of rotatable bonds is 5. The molecule has 3 fully saturated rings. The fourth-order valence-electron chi connectivity index (χ4n) is 4.87. The van der Waals surface area contributed by atoms with E-state index in [9.17, 15) is 4.79 Å². The van der Waals surface area contributed by atoms with Crippen LogP contribution in [0, 0.1) is 6.92 Å². The Hall–Kier alpha value is -2.91. The van der Waals surface area contributed by atoms with Crippen molar-refractivity contribution in [1.82, 2.24) is 20.0 Å². The topological polar surface area (TPSA) is 77.1 Å². The highest BCUT2D eigenvalue weighted by Crippen LogP contribution is 2.20. The third-order valence-electron chi connectivity index (χ3n) is 7.01. The standard InChI is InChI=1S/C25H35N7O2/c1-20-4-6-21(7-5-20)26-25(33)32-16-14-31(15-17-32)24-9-8-23(27-28-24)30-12-10-29(11-13-30)19-22-3-2-18-34-22/h4-9,22H,2-3,10-19H2,1H3,(H,26,33). The highest BCUT2D eigenvalue weighted by atomic mass is 16.5. The van der Waals surface area contributed by atoms with Crippen LogP contribution in [-0.2, 0) is 4.74 Å². The minimum Gasteiger partial charge on any atom is -0.377 e. The molecule has 3 aliphatic rings. The van der Waals surface area contributed by atoms with Gasteiger partial charge in [-0.15, -0.1) is 10.2 Å². The average molecular weight is 466 g/mol. The van der Waals surface area contributed by atoms with Crippen LogP contribution in [0.2, 0.25) is 0 Å². The van der Waals surface area contributed by atoms with E-state index in [1.807, 2.05) is 36.1 Å². The predicted octanol–water partition coefficient (Wildman–Crippen LogP) is 2.44. The Morgan fingerprint density at radius 1 is 0.912 bits per heavy atom. The third kappa shape index (κ3) is 5.59. The van der Waals surface area contributed by atoms with Crippen LogP contribution in [-0.4, -0.2) is 97.6 Å². The van der Waals surface area contributed by atoms with Crippen molar-refractivity contribution in [2.24, 2.45) is 0 Å². The first-order chi connectivity index (χ1) is 16.6. The lowest BCUT2D eigenvalue weighted by Crippen LogP contribution is -2.50. The summed E-state index contributed by atoms with van der Waals surface area (Å²) in [5, 5.41) is 12.0. The molecule has 3 aliphatic heterocycles. The van der Waals surface area contributed by atoms with Gasteiger partial charge in [-0.2, -0.15) is 0 Å². The molecule has 0 bridgehead atoms. The van der Waals surface area contributed by atoms with Crippen molar-refractivity contribution in [1.29, 1.82) is 0 Å². The van der Waals surface area contributed by atoms with E-state index in [0.29, 0.717) is 19.2 Å². The number of hydrogen-bond donors (Lipinski definition) is 1. The van der Waals surface area contributed by atoms with Crippen LogP contribution in [0.15, 0.2) is 36.4 Å². The van der Waals surface area contributed by atoms with Gasteiger partial charge in [0.2, 0.25) is 0 Å². The molecule has 1 unspecified atom stereocenters. The largest absolute Gasteiger partial charge is 0.377 e. The molecule has 1 aromatic carbocycles. The van der Waals surface area contributed by atoms with Crippen LogP contribution in [0.1, 0.15) is 18.4 Å². The second-order valence-electron chi connectivity index (χ2n) is 9.44. The number of anilines is 3. The molecule has 0 radical (unpaired) electrons. The number of amides is 2. The van der Waals surface area contributed by atoms with Gasteiger partial charge < -0.3 is 24.8 Å². The van der Waals surface area contributed by atoms with E-state index in [4.69, 9.17) is 4.74 Å². The van der Waals surface area contributed by atoms with Gasteiger partial charge in [0, 0.05) is 71.2 Å². The van der Waals surface area contributed by atoms with E-state index < -0.39 is 0 Å². The Bertz CT molecular complexity index is 931. The zero-order valence-corrected chi connectivity index (χ0v) is 20.0. The number of aryl methyl sites for hydroxylation is 1. The number of benzene rings is 1. The van der Waals surface area contributed by atoms with E-state index in [2.05, 4.69) is 42.3 Å². The maximum absolute atomic E-state index is 12.6. The van der Waals surface area contributed by atoms with Crippen molar-refractivity contribution in [2.45, 2.75) is 25.9 Å². The van der Waals surface area contributed by atoms with E-state index in [1.54, 1.807) is 0 Å². The highest BCUT2D eigenvalue weighted by Gasteiger charge is 2.25. The SMILES string of the molecule is Cc1ccc(NC(=O)N2CCN(c3ccc(N4CCN(CC5CCCO5)CC4)nn3)CC2)cc1. The molecule has 1 atom stereocenters. The summed E-state index contributed by atoms with van der Waals surface area (Å²) in [4.78, 5) is 21.5. The predicted molar refractivity (Wildman–Crippen MR) is 134 cm³/mol. The van der Waals surface area contributed by atoms with E-state index in [0.717, 1.165) is 69.7 Å². The maximum atomic E-state index is 12.6. The molecule has 4 heterocycles. The lowest BCUT2D eigenvalue weighted by atomic mass is 10.2. The number of nitrogens with zero attached hydrogens (tertiary/aromatic N) is 6. The van der Waals surface area contributed by atoms with E-state index >= 15 is 0 Å². The second-order valence-corrected chi connectivity index (χ2v) is 9.44. The van der Waals surface area contributed by atoms with Gasteiger partial charge >= 0.3 is 6.03 Å². The lowest BCUT2D eigenvalue weighted by Gasteiger charge is -2.37. The molecule has 5 rings (SSSR count). The Kier molecular flexibility index (Phi) is 7.10. The quantitative estimate of drug-likeness (QED) is 0.727. The van der Waals surface area contributed by atoms with Crippen molar-refractivity contribution in [2.75, 3.05) is 80.6 Å². The number of carbonyl (C=O) groups excluding carboxylic acids is 1. The molecule has 3 saturated heterocycles. The van der Waals surface area contributed by atoms with Gasteiger partial charge in [0.25, 0.3) is 0 Å². The van der Waals surface area contributed by atoms with Gasteiger partial charge in [0.15, 0.2) is 11.6 Å². The van der Waals surface area contributed by atoms with Gasteiger partial charge in [0.1, 0.15) is 0 Å². The van der Waals surface area contributed by atoms with Crippen LogP contribution < -0.4 is 15.1 Å². The summed E-state index contributed by atoms with van der Waals surface area (Å²) in [7, 11) is 0. The number of piperazine rings is 2. The van der Waals surface area contributed by atoms with Crippen molar-refractivity contribution >= 4 is 23.4 Å². The van der Waals surface area contributed by atoms with Crippen LogP contribution in [0.5, 0.6) is 0 Å². The van der Waals surface area contributed by atoms with Crippen LogP contribution >= 0.6 is 0 Å². The summed E-state index contributed by atoms with van der Waals surface area (Å²) in [6.45, 7) is 10.8. The number of ether oxygens (including phenoxy) is 1. The van der Waals surface area contributed by atoms with Gasteiger partial charge in [-0.05, 0) is 44.0 Å². The number of nitrogens with one attached hydrogen (secondary N) is 1. The lowest BCUT2D eigenvalue weighted by molar-refractivity contribution is 0.0712. The summed E-state index contributed by atoms with van der Waals surface area (Å²) in [5.74, 6) is 1.82. The van der Waals surface area contributed by atoms with Crippen LogP contribution in [0.4, 0.5) is 22.1 Å². The average Bonchev–Trinajstić information content (AvgIpc) is 3.39. The Morgan fingerprint density at radius 3 is 2.09 bits per heavy atom. The van der Waals surface area contributed by atoms with E-state index in [-0.39, 0.29) is 6.03 Å². The van der Waals surface area contributed by atoms with Crippen molar-refractivity contribution in [3.63, 3.8) is 0 Å². The molecule has 9 nitrogen and oxygen atoms in total. The third-order valence-corrected chi connectivity index (χ3v) is 7.01. The molecule has 9 heteroatoms. The Labute approximate surface area is 201 Å². The summed E-state index contributed by atoms with van der Waals surface area (Å²) in [6.07, 6.45) is 2.81.